The molecule has 0 aliphatic rings. The van der Waals surface area contributed by atoms with Gasteiger partial charge in [0.25, 0.3) is 0 Å². The number of nitrogens with one attached hydrogen (secondary N) is 1. The van der Waals surface area contributed by atoms with Crippen LogP contribution in [0.25, 0.3) is 0 Å². The first-order valence-corrected chi connectivity index (χ1v) is 8.64. The monoisotopic (exact) mass is 340 g/mol. The lowest BCUT2D eigenvalue weighted by molar-refractivity contribution is 0.373. The average molecular weight is 340 g/mol. The molecule has 0 unspecified atom stereocenters. The number of sulfonamides is 1. The van der Waals surface area contributed by atoms with Gasteiger partial charge in [-0.2, -0.15) is 0 Å². The van der Waals surface area contributed by atoms with E-state index in [4.69, 9.17) is 14.0 Å². The third-order valence-corrected chi connectivity index (χ3v) is 4.63. The molecule has 0 aliphatic carbocycles. The zero-order valence-corrected chi connectivity index (χ0v) is 14.1. The van der Waals surface area contributed by atoms with Crippen LogP contribution in [-0.2, 0) is 23.0 Å². The Bertz CT molecular complexity index is 755. The SMILES string of the molecule is CCCc1cc(CNS(=O)(=O)c2cc(OC)ccc2OC)on1. The molecule has 0 bridgehead atoms. The van der Waals surface area contributed by atoms with E-state index in [9.17, 15) is 8.42 Å². The van der Waals surface area contributed by atoms with Gasteiger partial charge in [-0.25, -0.2) is 13.1 Å². The number of hydrogen-bond donors (Lipinski definition) is 1. The molecule has 23 heavy (non-hydrogen) atoms. The van der Waals surface area contributed by atoms with Crippen LogP contribution < -0.4 is 14.2 Å². The molecule has 126 valence electrons. The maximum absolute atomic E-state index is 12.5. The molecule has 1 aromatic carbocycles. The van der Waals surface area contributed by atoms with E-state index in [2.05, 4.69) is 9.88 Å². The number of aryl methyl sites for hydroxylation is 1. The van der Waals surface area contributed by atoms with Crippen molar-refractivity contribution in [3.05, 3.63) is 35.7 Å². The average Bonchev–Trinajstić information content (AvgIpc) is 3.00. The van der Waals surface area contributed by atoms with Gasteiger partial charge >= 0.3 is 0 Å². The smallest absolute Gasteiger partial charge is 0.244 e. The summed E-state index contributed by atoms with van der Waals surface area (Å²) in [5, 5.41) is 3.89. The van der Waals surface area contributed by atoms with Crippen LogP contribution in [0.4, 0.5) is 0 Å². The molecule has 8 heteroatoms. The molecule has 7 nitrogen and oxygen atoms in total. The largest absolute Gasteiger partial charge is 0.497 e. The van der Waals surface area contributed by atoms with Crippen molar-refractivity contribution >= 4 is 10.0 Å². The van der Waals surface area contributed by atoms with E-state index >= 15 is 0 Å². The summed E-state index contributed by atoms with van der Waals surface area (Å²) in [6.45, 7) is 2.05. The molecule has 0 atom stereocenters. The Morgan fingerprint density at radius 3 is 2.65 bits per heavy atom. The number of benzene rings is 1. The first-order chi connectivity index (χ1) is 11.0. The van der Waals surface area contributed by atoms with Crippen molar-refractivity contribution < 1.29 is 22.4 Å². The summed E-state index contributed by atoms with van der Waals surface area (Å²) in [5.41, 5.74) is 0.806. The lowest BCUT2D eigenvalue weighted by Gasteiger charge is -2.11. The van der Waals surface area contributed by atoms with Gasteiger partial charge in [0.1, 0.15) is 16.4 Å². The van der Waals surface area contributed by atoms with Gasteiger partial charge < -0.3 is 14.0 Å². The van der Waals surface area contributed by atoms with Gasteiger partial charge in [0.05, 0.1) is 26.5 Å². The Morgan fingerprint density at radius 1 is 1.22 bits per heavy atom. The molecule has 0 amide bonds. The third kappa shape index (κ3) is 4.23. The van der Waals surface area contributed by atoms with Gasteiger partial charge in [-0.1, -0.05) is 18.5 Å². The minimum absolute atomic E-state index is 0.00708. The van der Waals surface area contributed by atoms with E-state index in [-0.39, 0.29) is 17.2 Å². The lowest BCUT2D eigenvalue weighted by Crippen LogP contribution is -2.23. The van der Waals surface area contributed by atoms with Crippen LogP contribution in [-0.4, -0.2) is 27.8 Å². The Hall–Kier alpha value is -2.06. The van der Waals surface area contributed by atoms with Crippen LogP contribution in [0.3, 0.4) is 0 Å². The minimum atomic E-state index is -3.78. The highest BCUT2D eigenvalue weighted by Crippen LogP contribution is 2.28. The van der Waals surface area contributed by atoms with E-state index in [0.29, 0.717) is 11.5 Å². The first kappa shape index (κ1) is 17.3. The van der Waals surface area contributed by atoms with E-state index < -0.39 is 10.0 Å². The van der Waals surface area contributed by atoms with Crippen molar-refractivity contribution in [3.8, 4) is 11.5 Å². The highest BCUT2D eigenvalue weighted by Gasteiger charge is 2.21. The van der Waals surface area contributed by atoms with Gasteiger partial charge in [-0.3, -0.25) is 0 Å². The predicted octanol–water partition coefficient (Wildman–Crippen LogP) is 2.12. The number of nitrogens with zero attached hydrogens (tertiary/aromatic N) is 1. The molecule has 0 fully saturated rings. The van der Waals surface area contributed by atoms with Crippen LogP contribution in [0, 0.1) is 0 Å². The number of ether oxygens (including phenoxy) is 2. The maximum Gasteiger partial charge on any atom is 0.244 e. The quantitative estimate of drug-likeness (QED) is 0.791. The van der Waals surface area contributed by atoms with Gasteiger partial charge in [-0.15, -0.1) is 0 Å². The molecular weight excluding hydrogens is 320 g/mol. The highest BCUT2D eigenvalue weighted by atomic mass is 32.2. The number of rotatable bonds is 8. The Morgan fingerprint density at radius 2 is 2.00 bits per heavy atom. The summed E-state index contributed by atoms with van der Waals surface area (Å²) in [6.07, 6.45) is 1.73. The molecule has 2 rings (SSSR count). The van der Waals surface area contributed by atoms with E-state index in [0.717, 1.165) is 18.5 Å². The topological polar surface area (TPSA) is 90.7 Å². The second kappa shape index (κ2) is 7.47. The van der Waals surface area contributed by atoms with Crippen molar-refractivity contribution in [2.45, 2.75) is 31.2 Å². The zero-order valence-electron chi connectivity index (χ0n) is 13.3. The van der Waals surface area contributed by atoms with Crippen molar-refractivity contribution in [1.29, 1.82) is 0 Å². The van der Waals surface area contributed by atoms with E-state index in [1.54, 1.807) is 18.2 Å². The normalized spacial score (nSPS) is 11.4. The highest BCUT2D eigenvalue weighted by molar-refractivity contribution is 7.89. The molecule has 0 saturated carbocycles. The van der Waals surface area contributed by atoms with Gasteiger partial charge in [0, 0.05) is 12.1 Å². The van der Waals surface area contributed by atoms with E-state index in [1.807, 2.05) is 6.92 Å². The van der Waals surface area contributed by atoms with Gasteiger partial charge in [0.15, 0.2) is 5.76 Å². The summed E-state index contributed by atoms with van der Waals surface area (Å²) in [5.74, 6) is 1.12. The standard InChI is InChI=1S/C15H20N2O5S/c1-4-5-11-8-13(22-17-11)10-16-23(18,19)15-9-12(20-2)6-7-14(15)21-3/h6-9,16H,4-5,10H2,1-3H3. The summed E-state index contributed by atoms with van der Waals surface area (Å²) >= 11 is 0. The molecule has 1 aromatic heterocycles. The number of methoxy groups -OCH3 is 2. The van der Waals surface area contributed by atoms with Gasteiger partial charge in [0.2, 0.25) is 10.0 Å². The zero-order chi connectivity index (χ0) is 16.9. The molecule has 0 spiro atoms. The lowest BCUT2D eigenvalue weighted by atomic mass is 10.2. The maximum atomic E-state index is 12.5. The fourth-order valence-corrected chi connectivity index (χ4v) is 3.23. The third-order valence-electron chi connectivity index (χ3n) is 3.21. The van der Waals surface area contributed by atoms with Crippen LogP contribution in [0.15, 0.2) is 33.7 Å². The van der Waals surface area contributed by atoms with Crippen molar-refractivity contribution in [2.24, 2.45) is 0 Å². The predicted molar refractivity (Wildman–Crippen MR) is 84.1 cm³/mol. The summed E-state index contributed by atoms with van der Waals surface area (Å²) < 4.78 is 42.7. The summed E-state index contributed by atoms with van der Waals surface area (Å²) in [4.78, 5) is 0.00708. The molecule has 0 aliphatic heterocycles. The van der Waals surface area contributed by atoms with E-state index in [1.165, 1.54) is 20.3 Å². The van der Waals surface area contributed by atoms with Crippen LogP contribution >= 0.6 is 0 Å². The molecule has 2 aromatic rings. The molecular formula is C15H20N2O5S. The van der Waals surface area contributed by atoms with Gasteiger partial charge in [-0.05, 0) is 18.6 Å². The van der Waals surface area contributed by atoms with Crippen LogP contribution in [0.1, 0.15) is 24.8 Å². The number of hydrogen-bond acceptors (Lipinski definition) is 6. The first-order valence-electron chi connectivity index (χ1n) is 7.16. The summed E-state index contributed by atoms with van der Waals surface area (Å²) in [7, 11) is -0.901. The Balaban J connectivity index is 2.17. The summed E-state index contributed by atoms with van der Waals surface area (Å²) in [6, 6.07) is 6.32. The van der Waals surface area contributed by atoms with Crippen molar-refractivity contribution in [3.63, 3.8) is 0 Å². The fourth-order valence-electron chi connectivity index (χ4n) is 2.05. The van der Waals surface area contributed by atoms with Crippen molar-refractivity contribution in [1.82, 2.24) is 9.88 Å². The minimum Gasteiger partial charge on any atom is -0.497 e. The van der Waals surface area contributed by atoms with Crippen LogP contribution in [0.5, 0.6) is 11.5 Å². The van der Waals surface area contributed by atoms with Crippen molar-refractivity contribution in [2.75, 3.05) is 14.2 Å². The van der Waals surface area contributed by atoms with Crippen LogP contribution in [0.2, 0.25) is 0 Å². The molecule has 0 saturated heterocycles. The second-order valence-electron chi connectivity index (χ2n) is 4.88. The Labute approximate surface area is 135 Å². The fraction of sp³-hybridized carbons (Fsp3) is 0.400. The molecule has 1 N–H and O–H groups in total. The number of aromatic nitrogens is 1. The Kier molecular flexibility index (Phi) is 5.62. The second-order valence-corrected chi connectivity index (χ2v) is 6.61. The molecule has 0 radical (unpaired) electrons. The molecule has 1 heterocycles.